The number of aliphatic hydroxyl groups excluding tert-OH is 1. The quantitative estimate of drug-likeness (QED) is 0.921. The SMILES string of the molecule is C[C@@H](O)c1cccc(F)c1Oc1ccc(CC#N)cc1. The van der Waals surface area contributed by atoms with Crippen molar-refractivity contribution in [1.29, 1.82) is 5.26 Å². The Labute approximate surface area is 116 Å². The molecule has 0 saturated carbocycles. The zero-order valence-electron chi connectivity index (χ0n) is 11.0. The average molecular weight is 271 g/mol. The van der Waals surface area contributed by atoms with E-state index in [1.807, 2.05) is 0 Å². The van der Waals surface area contributed by atoms with Gasteiger partial charge < -0.3 is 9.84 Å². The summed E-state index contributed by atoms with van der Waals surface area (Å²) in [6.07, 6.45) is -0.502. The van der Waals surface area contributed by atoms with Crippen molar-refractivity contribution in [3.63, 3.8) is 0 Å². The van der Waals surface area contributed by atoms with Crippen LogP contribution >= 0.6 is 0 Å². The van der Waals surface area contributed by atoms with Crippen LogP contribution in [0.4, 0.5) is 4.39 Å². The molecule has 1 N–H and O–H groups in total. The average Bonchev–Trinajstić information content (AvgIpc) is 2.43. The van der Waals surface area contributed by atoms with Crippen LogP contribution in [0, 0.1) is 17.1 Å². The highest BCUT2D eigenvalue weighted by Gasteiger charge is 2.14. The van der Waals surface area contributed by atoms with Crippen LogP contribution in [0.15, 0.2) is 42.5 Å². The predicted molar refractivity (Wildman–Crippen MR) is 72.9 cm³/mol. The van der Waals surface area contributed by atoms with E-state index in [0.717, 1.165) is 5.56 Å². The minimum Gasteiger partial charge on any atom is -0.454 e. The van der Waals surface area contributed by atoms with E-state index in [1.165, 1.54) is 12.1 Å². The Hall–Kier alpha value is -2.38. The Balaban J connectivity index is 2.28. The number of nitrogens with zero attached hydrogens (tertiary/aromatic N) is 1. The van der Waals surface area contributed by atoms with Crippen molar-refractivity contribution in [1.82, 2.24) is 0 Å². The van der Waals surface area contributed by atoms with Crippen molar-refractivity contribution in [2.45, 2.75) is 19.4 Å². The zero-order valence-corrected chi connectivity index (χ0v) is 11.0. The number of ether oxygens (including phenoxy) is 1. The summed E-state index contributed by atoms with van der Waals surface area (Å²) < 4.78 is 19.3. The molecular formula is C16H14FNO2. The first-order valence-electron chi connectivity index (χ1n) is 6.22. The summed E-state index contributed by atoms with van der Waals surface area (Å²) in [7, 11) is 0. The van der Waals surface area contributed by atoms with E-state index < -0.39 is 11.9 Å². The van der Waals surface area contributed by atoms with E-state index in [0.29, 0.717) is 17.7 Å². The second-order valence-corrected chi connectivity index (χ2v) is 4.42. The summed E-state index contributed by atoms with van der Waals surface area (Å²) in [6, 6.07) is 13.3. The van der Waals surface area contributed by atoms with Gasteiger partial charge in [0.1, 0.15) is 5.75 Å². The molecule has 2 rings (SSSR count). The van der Waals surface area contributed by atoms with Crippen molar-refractivity contribution in [3.05, 3.63) is 59.4 Å². The van der Waals surface area contributed by atoms with E-state index in [2.05, 4.69) is 6.07 Å². The Morgan fingerprint density at radius 1 is 1.25 bits per heavy atom. The second-order valence-electron chi connectivity index (χ2n) is 4.42. The maximum absolute atomic E-state index is 13.8. The van der Waals surface area contributed by atoms with Gasteiger partial charge in [-0.1, -0.05) is 24.3 Å². The molecule has 0 bridgehead atoms. The molecular weight excluding hydrogens is 257 g/mol. The molecule has 0 heterocycles. The third-order valence-electron chi connectivity index (χ3n) is 2.87. The van der Waals surface area contributed by atoms with E-state index >= 15 is 0 Å². The number of halogens is 1. The topological polar surface area (TPSA) is 53.2 Å². The lowest BCUT2D eigenvalue weighted by Crippen LogP contribution is -1.98. The fourth-order valence-electron chi connectivity index (χ4n) is 1.85. The molecule has 0 radical (unpaired) electrons. The lowest BCUT2D eigenvalue weighted by Gasteiger charge is -2.14. The molecule has 0 unspecified atom stereocenters. The monoisotopic (exact) mass is 271 g/mol. The number of para-hydroxylation sites is 1. The van der Waals surface area contributed by atoms with E-state index in [-0.39, 0.29) is 5.75 Å². The summed E-state index contributed by atoms with van der Waals surface area (Å²) in [6.45, 7) is 1.55. The third-order valence-corrected chi connectivity index (χ3v) is 2.87. The summed E-state index contributed by atoms with van der Waals surface area (Å²) >= 11 is 0. The maximum atomic E-state index is 13.8. The van der Waals surface area contributed by atoms with E-state index in [4.69, 9.17) is 10.00 Å². The highest BCUT2D eigenvalue weighted by Crippen LogP contribution is 2.32. The number of nitriles is 1. The standard InChI is InChI=1S/C16H14FNO2/c1-11(19)14-3-2-4-15(17)16(14)20-13-7-5-12(6-8-13)9-10-18/h2-8,11,19H,9H2,1H3/t11-/m1/s1. The van der Waals surface area contributed by atoms with Gasteiger partial charge in [0.25, 0.3) is 0 Å². The van der Waals surface area contributed by atoms with Crippen molar-refractivity contribution in [2.24, 2.45) is 0 Å². The van der Waals surface area contributed by atoms with Gasteiger partial charge in [-0.15, -0.1) is 0 Å². The van der Waals surface area contributed by atoms with Crippen LogP contribution in [0.25, 0.3) is 0 Å². The number of aliphatic hydroxyl groups is 1. The minimum atomic E-state index is -0.821. The molecule has 20 heavy (non-hydrogen) atoms. The number of benzene rings is 2. The molecule has 102 valence electrons. The highest BCUT2D eigenvalue weighted by molar-refractivity contribution is 5.40. The van der Waals surface area contributed by atoms with Gasteiger partial charge in [0.2, 0.25) is 0 Å². The molecule has 0 saturated heterocycles. The number of rotatable bonds is 4. The second kappa shape index (κ2) is 6.18. The van der Waals surface area contributed by atoms with Gasteiger partial charge >= 0.3 is 0 Å². The molecule has 3 nitrogen and oxygen atoms in total. The fraction of sp³-hybridized carbons (Fsp3) is 0.188. The molecule has 2 aromatic carbocycles. The normalized spacial score (nSPS) is 11.7. The Morgan fingerprint density at radius 3 is 2.55 bits per heavy atom. The molecule has 0 aliphatic rings. The Morgan fingerprint density at radius 2 is 1.95 bits per heavy atom. The van der Waals surface area contributed by atoms with Crippen LogP contribution in [0.5, 0.6) is 11.5 Å². The molecule has 0 aromatic heterocycles. The first kappa shape index (κ1) is 14.0. The third kappa shape index (κ3) is 3.14. The lowest BCUT2D eigenvalue weighted by molar-refractivity contribution is 0.194. The van der Waals surface area contributed by atoms with Crippen molar-refractivity contribution >= 4 is 0 Å². The van der Waals surface area contributed by atoms with Gasteiger partial charge in [0, 0.05) is 5.56 Å². The number of hydrogen-bond acceptors (Lipinski definition) is 3. The molecule has 0 aliphatic carbocycles. The van der Waals surface area contributed by atoms with Crippen molar-refractivity contribution in [3.8, 4) is 17.6 Å². The zero-order chi connectivity index (χ0) is 14.5. The smallest absolute Gasteiger partial charge is 0.168 e. The Bertz CT molecular complexity index is 630. The van der Waals surface area contributed by atoms with E-state index in [1.54, 1.807) is 37.3 Å². The largest absolute Gasteiger partial charge is 0.454 e. The molecule has 1 atom stereocenters. The van der Waals surface area contributed by atoms with Gasteiger partial charge in [-0.25, -0.2) is 4.39 Å². The van der Waals surface area contributed by atoms with Crippen LogP contribution < -0.4 is 4.74 Å². The van der Waals surface area contributed by atoms with Gasteiger partial charge in [-0.05, 0) is 30.7 Å². The maximum Gasteiger partial charge on any atom is 0.168 e. The lowest BCUT2D eigenvalue weighted by atomic mass is 10.1. The number of hydrogen-bond donors (Lipinski definition) is 1. The minimum absolute atomic E-state index is 0.0236. The van der Waals surface area contributed by atoms with Gasteiger partial charge in [-0.3, -0.25) is 0 Å². The van der Waals surface area contributed by atoms with Crippen molar-refractivity contribution in [2.75, 3.05) is 0 Å². The highest BCUT2D eigenvalue weighted by atomic mass is 19.1. The predicted octanol–water partition coefficient (Wildman–Crippen LogP) is 3.74. The van der Waals surface area contributed by atoms with Gasteiger partial charge in [0.15, 0.2) is 11.6 Å². The molecule has 0 spiro atoms. The Kier molecular flexibility index (Phi) is 4.34. The van der Waals surface area contributed by atoms with Crippen LogP contribution in [0.2, 0.25) is 0 Å². The summed E-state index contributed by atoms with van der Waals surface area (Å²) in [4.78, 5) is 0. The molecule has 0 amide bonds. The van der Waals surface area contributed by atoms with Gasteiger partial charge in [0.05, 0.1) is 18.6 Å². The first-order chi connectivity index (χ1) is 9.61. The summed E-state index contributed by atoms with van der Waals surface area (Å²) in [5.74, 6) is -0.0428. The fourth-order valence-corrected chi connectivity index (χ4v) is 1.85. The van der Waals surface area contributed by atoms with E-state index in [9.17, 15) is 9.50 Å². The molecule has 2 aromatic rings. The summed E-state index contributed by atoms with van der Waals surface area (Å²) in [5, 5.41) is 18.2. The first-order valence-corrected chi connectivity index (χ1v) is 6.22. The molecule has 0 aliphatic heterocycles. The van der Waals surface area contributed by atoms with Crippen molar-refractivity contribution < 1.29 is 14.2 Å². The van der Waals surface area contributed by atoms with Gasteiger partial charge in [-0.2, -0.15) is 5.26 Å². The van der Waals surface area contributed by atoms with Crippen LogP contribution in [-0.4, -0.2) is 5.11 Å². The van der Waals surface area contributed by atoms with Crippen LogP contribution in [0.1, 0.15) is 24.2 Å². The molecule has 4 heteroatoms. The summed E-state index contributed by atoms with van der Waals surface area (Å²) in [5.41, 5.74) is 1.26. The van der Waals surface area contributed by atoms with Crippen LogP contribution in [0.3, 0.4) is 0 Å². The van der Waals surface area contributed by atoms with Crippen LogP contribution in [-0.2, 0) is 6.42 Å². The molecule has 0 fully saturated rings.